The average molecular weight is 655 g/mol. The van der Waals surface area contributed by atoms with E-state index in [-0.39, 0.29) is 24.5 Å². The predicted octanol–water partition coefficient (Wildman–Crippen LogP) is 1.80. The Labute approximate surface area is 251 Å². The Hall–Kier alpha value is -4.78. The highest BCUT2D eigenvalue weighted by atomic mass is 32.2. The lowest BCUT2D eigenvalue weighted by Gasteiger charge is -2.15. The summed E-state index contributed by atoms with van der Waals surface area (Å²) < 4.78 is 54.5. The molecule has 0 spiro atoms. The number of anilines is 2. The molecule has 0 aliphatic carbocycles. The molecule has 3 aromatic rings. The van der Waals surface area contributed by atoms with Crippen molar-refractivity contribution in [3.05, 3.63) is 47.5 Å². The van der Waals surface area contributed by atoms with Crippen molar-refractivity contribution >= 4 is 43.2 Å². The molecule has 10 N–H and O–H groups in total. The number of carbonyl (C=O) groups is 2. The van der Waals surface area contributed by atoms with Crippen LogP contribution in [0.5, 0.6) is 34.5 Å². The third kappa shape index (κ3) is 7.05. The smallest absolute Gasteiger partial charge is 0.259 e. The van der Waals surface area contributed by atoms with Crippen LogP contribution in [-0.4, -0.2) is 72.4 Å². The number of phenols is 6. The molecule has 0 bridgehead atoms. The van der Waals surface area contributed by atoms with E-state index in [0.29, 0.717) is 25.0 Å². The van der Waals surface area contributed by atoms with Crippen LogP contribution in [0.25, 0.3) is 0 Å². The van der Waals surface area contributed by atoms with Gasteiger partial charge in [0, 0.05) is 24.5 Å². The number of amides is 2. The van der Waals surface area contributed by atoms with Crippen molar-refractivity contribution in [2.24, 2.45) is 0 Å². The number of benzene rings is 3. The van der Waals surface area contributed by atoms with Crippen LogP contribution in [0.15, 0.2) is 46.2 Å². The highest BCUT2D eigenvalue weighted by Gasteiger charge is 2.29. The fraction of sp³-hybridized carbons (Fsp3) is 0.231. The van der Waals surface area contributed by atoms with Gasteiger partial charge in [-0.15, -0.1) is 0 Å². The van der Waals surface area contributed by atoms with Crippen LogP contribution in [0.4, 0.5) is 11.4 Å². The van der Waals surface area contributed by atoms with Crippen molar-refractivity contribution in [2.45, 2.75) is 36.5 Å². The number of rotatable bonds is 12. The molecule has 0 unspecified atom stereocenters. The summed E-state index contributed by atoms with van der Waals surface area (Å²) in [6.07, 6.45) is 0.794. The van der Waals surface area contributed by atoms with Gasteiger partial charge in [-0.2, -0.15) is 0 Å². The largest absolute Gasteiger partial charge is 0.504 e. The molecule has 3 aromatic carbocycles. The summed E-state index contributed by atoms with van der Waals surface area (Å²) >= 11 is 0. The lowest BCUT2D eigenvalue weighted by atomic mass is 10.1. The Kier molecular flexibility index (Phi) is 10.2. The minimum Gasteiger partial charge on any atom is -0.504 e. The minimum absolute atomic E-state index is 0.0160. The fourth-order valence-electron chi connectivity index (χ4n) is 3.70. The summed E-state index contributed by atoms with van der Waals surface area (Å²) in [5.41, 5.74) is -1.50. The molecular weight excluding hydrogens is 624 g/mol. The normalized spacial score (nSPS) is 11.7. The summed E-state index contributed by atoms with van der Waals surface area (Å²) in [4.78, 5) is 24.2. The van der Waals surface area contributed by atoms with E-state index in [1.165, 1.54) is 24.3 Å². The van der Waals surface area contributed by atoms with Crippen LogP contribution < -0.4 is 20.1 Å². The van der Waals surface area contributed by atoms with Gasteiger partial charge in [-0.05, 0) is 43.2 Å². The number of phenolic OH excluding ortho intramolecular Hbond substituents is 6. The minimum atomic E-state index is -4.39. The SMILES string of the molecule is CCCNS(=O)(=O)c1cc(C(=O)Nc2cccc(NC(=O)c3cc(S(=O)(=O)NCCC)c(O)c(O)c3O)c2)c(O)c(O)c1O. The first-order chi connectivity index (χ1) is 20.5. The quantitative estimate of drug-likeness (QED) is 0.125. The standard InChI is InChI=1S/C26H30N4O12S2/c1-3-8-27-43(39,40)17-11-15(19(31)23(35)21(17)33)25(37)29-13-6-5-7-14(10-13)30-26(38)16-12-18(22(34)24(36)20(16)32)44(41,42)28-9-4-2/h5-7,10-12,27-28,31-36H,3-4,8-9H2,1-2H3,(H,29,37)(H,30,38). The van der Waals surface area contributed by atoms with E-state index in [2.05, 4.69) is 20.1 Å². The first-order valence-corrected chi connectivity index (χ1v) is 15.8. The van der Waals surface area contributed by atoms with Crippen LogP contribution in [0, 0.1) is 0 Å². The van der Waals surface area contributed by atoms with Gasteiger partial charge in [0.1, 0.15) is 9.79 Å². The van der Waals surface area contributed by atoms with Crippen LogP contribution in [0.3, 0.4) is 0 Å². The van der Waals surface area contributed by atoms with Crippen molar-refractivity contribution in [3.63, 3.8) is 0 Å². The maximum Gasteiger partial charge on any atom is 0.259 e. The van der Waals surface area contributed by atoms with Crippen molar-refractivity contribution in [2.75, 3.05) is 23.7 Å². The summed E-state index contributed by atoms with van der Waals surface area (Å²) in [6.45, 7) is 3.32. The van der Waals surface area contributed by atoms with Crippen LogP contribution in [0.2, 0.25) is 0 Å². The van der Waals surface area contributed by atoms with Gasteiger partial charge >= 0.3 is 0 Å². The zero-order chi connectivity index (χ0) is 33.0. The van der Waals surface area contributed by atoms with E-state index in [1.807, 2.05) is 0 Å². The van der Waals surface area contributed by atoms with E-state index in [9.17, 15) is 57.1 Å². The molecular formula is C26H30N4O12S2. The second-order valence-electron chi connectivity index (χ2n) is 9.22. The van der Waals surface area contributed by atoms with Gasteiger partial charge in [-0.25, -0.2) is 26.3 Å². The number of carbonyl (C=O) groups excluding carboxylic acids is 2. The molecule has 0 saturated heterocycles. The third-order valence-corrected chi connectivity index (χ3v) is 8.90. The van der Waals surface area contributed by atoms with Crippen LogP contribution in [0.1, 0.15) is 47.4 Å². The Bertz CT molecular complexity index is 1700. The first-order valence-electron chi connectivity index (χ1n) is 12.8. The summed E-state index contributed by atoms with van der Waals surface area (Å²) in [5.74, 6) is -9.31. The van der Waals surface area contributed by atoms with Gasteiger partial charge in [0.2, 0.25) is 31.5 Å². The Morgan fingerprint density at radius 1 is 0.591 bits per heavy atom. The highest BCUT2D eigenvalue weighted by molar-refractivity contribution is 7.90. The molecule has 0 aliphatic rings. The molecule has 0 aliphatic heterocycles. The maximum absolute atomic E-state index is 13.0. The van der Waals surface area contributed by atoms with E-state index in [4.69, 9.17) is 0 Å². The van der Waals surface area contributed by atoms with Gasteiger partial charge in [0.05, 0.1) is 11.1 Å². The van der Waals surface area contributed by atoms with Crippen molar-refractivity contribution in [1.29, 1.82) is 0 Å². The molecule has 18 heteroatoms. The lowest BCUT2D eigenvalue weighted by molar-refractivity contribution is 0.101. The number of hydrogen-bond donors (Lipinski definition) is 10. The number of sulfonamides is 2. The number of nitrogens with one attached hydrogen (secondary N) is 4. The van der Waals surface area contributed by atoms with Crippen molar-refractivity contribution < 1.29 is 57.1 Å². The van der Waals surface area contributed by atoms with E-state index < -0.39 is 87.3 Å². The first kappa shape index (κ1) is 33.7. The number of aromatic hydroxyl groups is 6. The molecule has 0 heterocycles. The monoisotopic (exact) mass is 654 g/mol. The maximum atomic E-state index is 13.0. The van der Waals surface area contributed by atoms with Crippen molar-refractivity contribution in [1.82, 2.24) is 9.44 Å². The number of hydrogen-bond acceptors (Lipinski definition) is 12. The average Bonchev–Trinajstić information content (AvgIpc) is 2.96. The van der Waals surface area contributed by atoms with Gasteiger partial charge < -0.3 is 41.3 Å². The third-order valence-electron chi connectivity index (χ3n) is 5.96. The molecule has 44 heavy (non-hydrogen) atoms. The topological polar surface area (TPSA) is 272 Å². The molecule has 2 amide bonds. The highest BCUT2D eigenvalue weighted by Crippen LogP contribution is 2.43. The zero-order valence-electron chi connectivity index (χ0n) is 23.2. The Morgan fingerprint density at radius 2 is 0.955 bits per heavy atom. The van der Waals surface area contributed by atoms with Gasteiger partial charge in [0.15, 0.2) is 23.0 Å². The van der Waals surface area contributed by atoms with Gasteiger partial charge in [-0.1, -0.05) is 19.9 Å². The molecule has 0 saturated carbocycles. The summed E-state index contributed by atoms with van der Waals surface area (Å²) in [5, 5.41) is 65.5. The van der Waals surface area contributed by atoms with Gasteiger partial charge in [0.25, 0.3) is 11.8 Å². The second-order valence-corrected chi connectivity index (χ2v) is 12.7. The van der Waals surface area contributed by atoms with Crippen LogP contribution >= 0.6 is 0 Å². The Morgan fingerprint density at radius 3 is 1.30 bits per heavy atom. The second kappa shape index (κ2) is 13.2. The Balaban J connectivity index is 1.91. The molecule has 0 atom stereocenters. The molecule has 3 rings (SSSR count). The molecule has 0 radical (unpaired) electrons. The fourth-order valence-corrected chi connectivity index (χ4v) is 6.21. The van der Waals surface area contributed by atoms with Gasteiger partial charge in [-0.3, -0.25) is 9.59 Å². The molecule has 0 fully saturated rings. The van der Waals surface area contributed by atoms with Crippen LogP contribution in [-0.2, 0) is 20.0 Å². The van der Waals surface area contributed by atoms with E-state index in [0.717, 1.165) is 0 Å². The molecule has 0 aromatic heterocycles. The summed E-state index contributed by atoms with van der Waals surface area (Å²) in [6, 6.07) is 6.52. The lowest BCUT2D eigenvalue weighted by Crippen LogP contribution is -2.25. The van der Waals surface area contributed by atoms with E-state index in [1.54, 1.807) is 13.8 Å². The predicted molar refractivity (Wildman–Crippen MR) is 156 cm³/mol. The molecule has 16 nitrogen and oxygen atoms in total. The van der Waals surface area contributed by atoms with Crippen molar-refractivity contribution in [3.8, 4) is 34.5 Å². The zero-order valence-corrected chi connectivity index (χ0v) is 24.9. The molecule has 238 valence electrons. The van der Waals surface area contributed by atoms with E-state index >= 15 is 0 Å². The summed E-state index contributed by atoms with van der Waals surface area (Å²) in [7, 11) is -8.78.